The first kappa shape index (κ1) is 17.5. The Hall–Kier alpha value is -3.87. The number of nitrogens with zero attached hydrogens (tertiary/aromatic N) is 3. The van der Waals surface area contributed by atoms with Crippen LogP contribution in [0.1, 0.15) is 15.9 Å². The molecule has 2 heterocycles. The molecule has 0 bridgehead atoms. The lowest BCUT2D eigenvalue weighted by molar-refractivity contribution is 0.0697. The Morgan fingerprint density at radius 3 is 2.61 bits per heavy atom. The molecular weight excluding hydrogens is 356 g/mol. The molecule has 4 rings (SSSR count). The zero-order valence-corrected chi connectivity index (χ0v) is 15.4. The predicted molar refractivity (Wildman–Crippen MR) is 106 cm³/mol. The summed E-state index contributed by atoms with van der Waals surface area (Å²) in [5.74, 6) is 0.275. The maximum Gasteiger partial charge on any atom is 0.335 e. The van der Waals surface area contributed by atoms with E-state index in [9.17, 15) is 4.79 Å². The number of methoxy groups -OCH3 is 1. The summed E-state index contributed by atoms with van der Waals surface area (Å²) in [5.41, 5.74) is 4.47. The van der Waals surface area contributed by atoms with Crippen LogP contribution in [0.2, 0.25) is 0 Å². The van der Waals surface area contributed by atoms with Crippen molar-refractivity contribution in [1.82, 2.24) is 14.6 Å². The van der Waals surface area contributed by atoms with E-state index < -0.39 is 5.97 Å². The fourth-order valence-electron chi connectivity index (χ4n) is 3.01. The Balaban J connectivity index is 1.69. The average Bonchev–Trinajstić information content (AvgIpc) is 3.12. The lowest BCUT2D eigenvalue weighted by atomic mass is 10.1. The van der Waals surface area contributed by atoms with Gasteiger partial charge in [0.05, 0.1) is 12.7 Å². The van der Waals surface area contributed by atoms with Crippen molar-refractivity contribution in [2.24, 2.45) is 0 Å². The molecule has 0 saturated heterocycles. The van der Waals surface area contributed by atoms with Crippen molar-refractivity contribution in [3.63, 3.8) is 0 Å². The van der Waals surface area contributed by atoms with Crippen LogP contribution in [0.15, 0.2) is 60.8 Å². The van der Waals surface area contributed by atoms with Crippen LogP contribution in [0, 0.1) is 6.92 Å². The predicted octanol–water partition coefficient (Wildman–Crippen LogP) is 4.16. The first-order valence-corrected chi connectivity index (χ1v) is 8.66. The Morgan fingerprint density at radius 2 is 1.93 bits per heavy atom. The van der Waals surface area contributed by atoms with Gasteiger partial charge in [0.25, 0.3) is 0 Å². The van der Waals surface area contributed by atoms with E-state index in [1.165, 1.54) is 0 Å². The molecule has 0 aliphatic rings. The summed E-state index contributed by atoms with van der Waals surface area (Å²) in [6.07, 6.45) is 1.83. The smallest absolute Gasteiger partial charge is 0.335 e. The van der Waals surface area contributed by atoms with Crippen LogP contribution < -0.4 is 10.1 Å². The number of ether oxygens (including phenoxy) is 1. The molecule has 140 valence electrons. The van der Waals surface area contributed by atoms with Gasteiger partial charge in [0.2, 0.25) is 5.95 Å². The highest BCUT2D eigenvalue weighted by Crippen LogP contribution is 2.27. The van der Waals surface area contributed by atoms with E-state index in [0.717, 1.165) is 33.8 Å². The number of benzene rings is 2. The Kier molecular flexibility index (Phi) is 4.41. The van der Waals surface area contributed by atoms with E-state index >= 15 is 0 Å². The number of aryl methyl sites for hydroxylation is 1. The molecule has 7 heteroatoms. The van der Waals surface area contributed by atoms with Crippen LogP contribution in [0.25, 0.3) is 16.8 Å². The highest BCUT2D eigenvalue weighted by Gasteiger charge is 2.12. The number of carboxylic acid groups (broad SMARTS) is 1. The fraction of sp³-hybridized carbons (Fsp3) is 0.0952. The van der Waals surface area contributed by atoms with Gasteiger partial charge in [0.15, 0.2) is 5.65 Å². The number of rotatable bonds is 5. The molecule has 0 aliphatic carbocycles. The Bertz CT molecular complexity index is 1170. The zero-order valence-electron chi connectivity index (χ0n) is 15.4. The molecule has 0 aliphatic heterocycles. The minimum Gasteiger partial charge on any atom is -0.497 e. The second kappa shape index (κ2) is 7.03. The SMILES string of the molecule is COc1ccc(-c2cccn3nc(Nc4ccc(C(=O)O)cc4C)nc23)cc1. The van der Waals surface area contributed by atoms with E-state index in [4.69, 9.17) is 9.84 Å². The molecular formula is C21H18N4O3. The number of hydrogen-bond acceptors (Lipinski definition) is 5. The quantitative estimate of drug-likeness (QED) is 0.545. The van der Waals surface area contributed by atoms with Gasteiger partial charge in [-0.25, -0.2) is 9.31 Å². The van der Waals surface area contributed by atoms with Crippen LogP contribution in [0.3, 0.4) is 0 Å². The van der Waals surface area contributed by atoms with E-state index in [2.05, 4.69) is 15.4 Å². The molecule has 2 aromatic heterocycles. The molecule has 0 fully saturated rings. The lowest BCUT2D eigenvalue weighted by Crippen LogP contribution is -2.00. The molecule has 2 N–H and O–H groups in total. The number of fused-ring (bicyclic) bond motifs is 1. The average molecular weight is 374 g/mol. The molecule has 0 atom stereocenters. The van der Waals surface area contributed by atoms with Gasteiger partial charge in [-0.3, -0.25) is 0 Å². The summed E-state index contributed by atoms with van der Waals surface area (Å²) in [4.78, 5) is 15.7. The molecule has 0 spiro atoms. The van der Waals surface area contributed by atoms with Crippen molar-refractivity contribution in [1.29, 1.82) is 0 Å². The minimum absolute atomic E-state index is 0.243. The van der Waals surface area contributed by atoms with Crippen LogP contribution in [-0.2, 0) is 0 Å². The van der Waals surface area contributed by atoms with Gasteiger partial charge in [-0.1, -0.05) is 12.1 Å². The minimum atomic E-state index is -0.954. The van der Waals surface area contributed by atoms with E-state index in [0.29, 0.717) is 5.95 Å². The van der Waals surface area contributed by atoms with Crippen LogP contribution >= 0.6 is 0 Å². The van der Waals surface area contributed by atoms with Crippen molar-refractivity contribution in [3.05, 3.63) is 71.9 Å². The second-order valence-electron chi connectivity index (χ2n) is 6.31. The first-order valence-electron chi connectivity index (χ1n) is 8.66. The lowest BCUT2D eigenvalue weighted by Gasteiger charge is -2.06. The Morgan fingerprint density at radius 1 is 1.14 bits per heavy atom. The Labute approximate surface area is 161 Å². The number of nitrogens with one attached hydrogen (secondary N) is 1. The highest BCUT2D eigenvalue weighted by molar-refractivity contribution is 5.88. The number of pyridine rings is 1. The number of aromatic nitrogens is 3. The number of carbonyl (C=O) groups is 1. The summed E-state index contributed by atoms with van der Waals surface area (Å²) in [6, 6.07) is 16.5. The molecule has 4 aromatic rings. The highest BCUT2D eigenvalue weighted by atomic mass is 16.5. The third kappa shape index (κ3) is 3.25. The van der Waals surface area contributed by atoms with E-state index in [1.54, 1.807) is 29.8 Å². The van der Waals surface area contributed by atoms with Crippen LogP contribution in [-0.4, -0.2) is 32.8 Å². The third-order valence-corrected chi connectivity index (χ3v) is 4.48. The topological polar surface area (TPSA) is 88.8 Å². The standard InChI is InChI=1S/C21H18N4O3/c1-13-12-15(20(26)27)7-10-18(13)22-21-23-19-17(4-3-11-25(19)24-21)14-5-8-16(28-2)9-6-14/h3-12H,1-2H3,(H,22,24)(H,26,27). The van der Waals surface area contributed by atoms with E-state index in [-0.39, 0.29) is 5.56 Å². The molecule has 28 heavy (non-hydrogen) atoms. The third-order valence-electron chi connectivity index (χ3n) is 4.48. The van der Waals surface area contributed by atoms with E-state index in [1.807, 2.05) is 49.5 Å². The second-order valence-corrected chi connectivity index (χ2v) is 6.31. The summed E-state index contributed by atoms with van der Waals surface area (Å²) in [6.45, 7) is 1.84. The molecule has 7 nitrogen and oxygen atoms in total. The molecule has 0 radical (unpaired) electrons. The molecule has 0 unspecified atom stereocenters. The molecule has 2 aromatic carbocycles. The van der Waals surface area contributed by atoms with Crippen molar-refractivity contribution in [2.75, 3.05) is 12.4 Å². The van der Waals surface area contributed by atoms with Gasteiger partial charge in [-0.15, -0.1) is 5.10 Å². The number of aromatic carboxylic acids is 1. The fourth-order valence-corrected chi connectivity index (χ4v) is 3.01. The van der Waals surface area contributed by atoms with Crippen molar-refractivity contribution in [3.8, 4) is 16.9 Å². The van der Waals surface area contributed by atoms with Gasteiger partial charge in [0, 0.05) is 17.4 Å². The molecule has 0 amide bonds. The van der Waals surface area contributed by atoms with Crippen molar-refractivity contribution in [2.45, 2.75) is 6.92 Å². The van der Waals surface area contributed by atoms with Crippen molar-refractivity contribution < 1.29 is 14.6 Å². The monoisotopic (exact) mass is 374 g/mol. The van der Waals surface area contributed by atoms with Gasteiger partial charge in [-0.2, -0.15) is 4.98 Å². The van der Waals surface area contributed by atoms with Gasteiger partial charge in [-0.05, 0) is 60.5 Å². The maximum atomic E-state index is 11.1. The normalized spacial score (nSPS) is 10.8. The van der Waals surface area contributed by atoms with Gasteiger partial charge < -0.3 is 15.2 Å². The first-order chi connectivity index (χ1) is 13.5. The summed E-state index contributed by atoms with van der Waals surface area (Å²) in [5, 5.41) is 16.7. The molecule has 0 saturated carbocycles. The number of carboxylic acids is 1. The van der Waals surface area contributed by atoms with Crippen molar-refractivity contribution >= 4 is 23.3 Å². The van der Waals surface area contributed by atoms with Gasteiger partial charge >= 0.3 is 5.97 Å². The van der Waals surface area contributed by atoms with Crippen LogP contribution in [0.5, 0.6) is 5.75 Å². The maximum absolute atomic E-state index is 11.1. The number of hydrogen-bond donors (Lipinski definition) is 2. The van der Waals surface area contributed by atoms with Crippen LogP contribution in [0.4, 0.5) is 11.6 Å². The zero-order chi connectivity index (χ0) is 19.7. The largest absolute Gasteiger partial charge is 0.497 e. The summed E-state index contributed by atoms with van der Waals surface area (Å²) < 4.78 is 6.93. The number of anilines is 2. The van der Waals surface area contributed by atoms with Gasteiger partial charge in [0.1, 0.15) is 5.75 Å². The summed E-state index contributed by atoms with van der Waals surface area (Å²) in [7, 11) is 1.64. The summed E-state index contributed by atoms with van der Waals surface area (Å²) >= 11 is 0.